The third-order valence-electron chi connectivity index (χ3n) is 5.41. The van der Waals surface area contributed by atoms with Gasteiger partial charge >= 0.3 is 0 Å². The van der Waals surface area contributed by atoms with Crippen molar-refractivity contribution in [2.45, 2.75) is 25.9 Å². The summed E-state index contributed by atoms with van der Waals surface area (Å²) < 4.78 is 11.2. The van der Waals surface area contributed by atoms with Gasteiger partial charge in [0.1, 0.15) is 10.8 Å². The van der Waals surface area contributed by atoms with Crippen LogP contribution in [0, 0.1) is 0 Å². The Kier molecular flexibility index (Phi) is 7.51. The third-order valence-corrected chi connectivity index (χ3v) is 6.29. The molecule has 0 bridgehead atoms. The van der Waals surface area contributed by atoms with Crippen LogP contribution in [0.15, 0.2) is 47.8 Å². The number of thiazole rings is 1. The summed E-state index contributed by atoms with van der Waals surface area (Å²) in [6, 6.07) is 14.3. The molecule has 4 rings (SSSR count). The molecule has 7 heteroatoms. The van der Waals surface area contributed by atoms with Gasteiger partial charge in [0.05, 0.1) is 38.6 Å². The minimum Gasteiger partial charge on any atom is -0.494 e. The van der Waals surface area contributed by atoms with E-state index in [1.807, 2.05) is 31.3 Å². The van der Waals surface area contributed by atoms with Crippen LogP contribution in [0.1, 0.15) is 23.5 Å². The summed E-state index contributed by atoms with van der Waals surface area (Å²) in [7, 11) is 1.84. The molecular formula is C24H29N3O3S. The fourth-order valence-electron chi connectivity index (χ4n) is 3.64. The summed E-state index contributed by atoms with van der Waals surface area (Å²) in [5.74, 6) is 0.958. The first-order valence-corrected chi connectivity index (χ1v) is 11.6. The minimum absolute atomic E-state index is 0.116. The van der Waals surface area contributed by atoms with Crippen LogP contribution < -0.4 is 4.74 Å². The number of aromatic nitrogens is 1. The van der Waals surface area contributed by atoms with E-state index in [2.05, 4.69) is 28.5 Å². The molecule has 1 aliphatic heterocycles. The molecule has 0 spiro atoms. The highest BCUT2D eigenvalue weighted by atomic mass is 32.1. The van der Waals surface area contributed by atoms with Crippen LogP contribution in [0.25, 0.3) is 10.8 Å². The molecule has 1 aliphatic rings. The Morgan fingerprint density at radius 1 is 1.19 bits per heavy atom. The van der Waals surface area contributed by atoms with Gasteiger partial charge in [-0.15, -0.1) is 11.3 Å². The number of benzene rings is 2. The molecule has 0 N–H and O–H groups in total. The lowest BCUT2D eigenvalue weighted by Gasteiger charge is -2.25. The van der Waals surface area contributed by atoms with Crippen molar-refractivity contribution < 1.29 is 14.3 Å². The van der Waals surface area contributed by atoms with Crippen molar-refractivity contribution in [1.29, 1.82) is 0 Å². The van der Waals surface area contributed by atoms with E-state index >= 15 is 0 Å². The van der Waals surface area contributed by atoms with E-state index < -0.39 is 0 Å². The lowest BCUT2D eigenvalue weighted by Crippen LogP contribution is -2.35. The molecule has 1 amide bonds. The maximum atomic E-state index is 12.5. The first kappa shape index (κ1) is 21.7. The number of rotatable bonds is 9. The largest absolute Gasteiger partial charge is 0.494 e. The molecule has 1 fully saturated rings. The van der Waals surface area contributed by atoms with Gasteiger partial charge in [-0.05, 0) is 29.3 Å². The van der Waals surface area contributed by atoms with E-state index in [1.54, 1.807) is 16.2 Å². The predicted molar refractivity (Wildman–Crippen MR) is 123 cm³/mol. The first-order chi connectivity index (χ1) is 15.2. The number of ether oxygens (including phenoxy) is 2. The average molecular weight is 440 g/mol. The van der Waals surface area contributed by atoms with Crippen molar-refractivity contribution in [1.82, 2.24) is 14.8 Å². The Bertz CT molecular complexity index is 1000. The quantitative estimate of drug-likeness (QED) is 0.473. The summed E-state index contributed by atoms with van der Waals surface area (Å²) in [6.45, 7) is 5.42. The zero-order chi connectivity index (χ0) is 21.5. The van der Waals surface area contributed by atoms with Crippen LogP contribution in [-0.4, -0.2) is 60.6 Å². The number of morpholine rings is 1. The van der Waals surface area contributed by atoms with Crippen molar-refractivity contribution >= 4 is 28.0 Å². The number of carbonyl (C=O) groups excluding carboxylic acids is 1. The Hall–Kier alpha value is -2.48. The Balaban J connectivity index is 1.18. The van der Waals surface area contributed by atoms with Gasteiger partial charge in [0.2, 0.25) is 5.91 Å². The van der Waals surface area contributed by atoms with Crippen LogP contribution in [0.2, 0.25) is 0 Å². The normalized spacial score (nSPS) is 14.6. The van der Waals surface area contributed by atoms with Crippen LogP contribution in [-0.2, 0) is 22.6 Å². The van der Waals surface area contributed by atoms with Crippen LogP contribution in [0.4, 0.5) is 0 Å². The highest BCUT2D eigenvalue weighted by Crippen LogP contribution is 2.21. The SMILES string of the molecule is CN(Cc1csc(CN2CCOCC2)n1)C(=O)CCCOc1ccc2ccccc2c1. The van der Waals surface area contributed by atoms with Crippen molar-refractivity contribution in [3.8, 4) is 5.75 Å². The Morgan fingerprint density at radius 2 is 2.00 bits per heavy atom. The van der Waals surface area contributed by atoms with E-state index in [0.29, 0.717) is 26.0 Å². The predicted octanol–water partition coefficient (Wildman–Crippen LogP) is 3.95. The van der Waals surface area contributed by atoms with Crippen LogP contribution in [0.3, 0.4) is 0 Å². The molecule has 2 heterocycles. The fraction of sp³-hybridized carbons (Fsp3) is 0.417. The summed E-state index contributed by atoms with van der Waals surface area (Å²) in [6.07, 6.45) is 1.16. The van der Waals surface area contributed by atoms with Gasteiger partial charge in [-0.3, -0.25) is 9.69 Å². The van der Waals surface area contributed by atoms with Crippen molar-refractivity contribution in [3.05, 3.63) is 58.5 Å². The van der Waals surface area contributed by atoms with E-state index in [0.717, 1.165) is 54.7 Å². The number of hydrogen-bond donors (Lipinski definition) is 0. The van der Waals surface area contributed by atoms with Gasteiger partial charge in [0.25, 0.3) is 0 Å². The van der Waals surface area contributed by atoms with E-state index in [4.69, 9.17) is 14.5 Å². The van der Waals surface area contributed by atoms with E-state index in [9.17, 15) is 4.79 Å². The molecule has 164 valence electrons. The second-order valence-electron chi connectivity index (χ2n) is 7.83. The van der Waals surface area contributed by atoms with Crippen molar-refractivity contribution in [3.63, 3.8) is 0 Å². The third kappa shape index (κ3) is 6.26. The molecule has 0 aliphatic carbocycles. The molecule has 0 atom stereocenters. The van der Waals surface area contributed by atoms with Crippen molar-refractivity contribution in [2.75, 3.05) is 40.0 Å². The lowest BCUT2D eigenvalue weighted by molar-refractivity contribution is -0.130. The maximum Gasteiger partial charge on any atom is 0.222 e. The fourth-order valence-corrected chi connectivity index (χ4v) is 4.46. The zero-order valence-electron chi connectivity index (χ0n) is 18.0. The first-order valence-electron chi connectivity index (χ1n) is 10.8. The van der Waals surface area contributed by atoms with Gasteiger partial charge in [-0.1, -0.05) is 30.3 Å². The van der Waals surface area contributed by atoms with Crippen LogP contribution in [0.5, 0.6) is 5.75 Å². The molecule has 0 saturated carbocycles. The van der Waals surface area contributed by atoms with E-state index in [1.165, 1.54) is 5.39 Å². The molecule has 1 aromatic heterocycles. The van der Waals surface area contributed by atoms with Gasteiger partial charge in [-0.25, -0.2) is 4.98 Å². The van der Waals surface area contributed by atoms with E-state index in [-0.39, 0.29) is 5.91 Å². The number of fused-ring (bicyclic) bond motifs is 1. The average Bonchev–Trinajstić information content (AvgIpc) is 3.23. The van der Waals surface area contributed by atoms with Crippen molar-refractivity contribution in [2.24, 2.45) is 0 Å². The molecule has 2 aromatic carbocycles. The van der Waals surface area contributed by atoms with Gasteiger partial charge in [0, 0.05) is 31.9 Å². The smallest absolute Gasteiger partial charge is 0.222 e. The monoisotopic (exact) mass is 439 g/mol. The highest BCUT2D eigenvalue weighted by molar-refractivity contribution is 7.09. The summed E-state index contributed by atoms with van der Waals surface area (Å²) in [5.41, 5.74) is 0.955. The Labute approximate surface area is 187 Å². The number of amides is 1. The second kappa shape index (κ2) is 10.7. The summed E-state index contributed by atoms with van der Waals surface area (Å²) in [4.78, 5) is 21.3. The second-order valence-corrected chi connectivity index (χ2v) is 8.77. The summed E-state index contributed by atoms with van der Waals surface area (Å²) >= 11 is 1.67. The lowest BCUT2D eigenvalue weighted by atomic mass is 10.1. The number of hydrogen-bond acceptors (Lipinski definition) is 6. The molecule has 1 saturated heterocycles. The number of carbonyl (C=O) groups is 1. The molecule has 0 unspecified atom stereocenters. The highest BCUT2D eigenvalue weighted by Gasteiger charge is 2.15. The molecule has 0 radical (unpaired) electrons. The molecule has 6 nitrogen and oxygen atoms in total. The van der Waals surface area contributed by atoms with Gasteiger partial charge in [-0.2, -0.15) is 0 Å². The molecule has 3 aromatic rings. The maximum absolute atomic E-state index is 12.5. The number of nitrogens with zero attached hydrogens (tertiary/aromatic N) is 3. The minimum atomic E-state index is 0.116. The topological polar surface area (TPSA) is 54.9 Å². The van der Waals surface area contributed by atoms with Gasteiger partial charge < -0.3 is 14.4 Å². The summed E-state index contributed by atoms with van der Waals surface area (Å²) in [5, 5.41) is 5.51. The molecular weight excluding hydrogens is 410 g/mol. The molecule has 31 heavy (non-hydrogen) atoms. The van der Waals surface area contributed by atoms with Crippen LogP contribution >= 0.6 is 11.3 Å². The zero-order valence-corrected chi connectivity index (χ0v) is 18.8. The standard InChI is InChI=1S/C24H29N3O3S/c1-26(16-21-18-31-23(25-21)17-27-10-13-29-14-11-27)24(28)7-4-12-30-22-9-8-19-5-2-3-6-20(19)15-22/h2-3,5-6,8-9,15,18H,4,7,10-14,16-17H2,1H3. The van der Waals surface area contributed by atoms with Gasteiger partial charge in [0.15, 0.2) is 0 Å². The Morgan fingerprint density at radius 3 is 2.84 bits per heavy atom.